The van der Waals surface area contributed by atoms with Crippen molar-refractivity contribution in [3.05, 3.63) is 29.6 Å². The summed E-state index contributed by atoms with van der Waals surface area (Å²) < 4.78 is 37.8. The third-order valence-corrected chi connectivity index (χ3v) is 3.79. The zero-order valence-electron chi connectivity index (χ0n) is 5.27. The topological polar surface area (TPSA) is 0 Å². The lowest BCUT2D eigenvalue weighted by Crippen LogP contribution is -1.98. The first-order valence-corrected chi connectivity index (χ1v) is 5.17. The van der Waals surface area contributed by atoms with E-state index in [0.29, 0.717) is 0 Å². The summed E-state index contributed by atoms with van der Waals surface area (Å²) in [4.78, 5) is 0. The fourth-order valence-corrected chi connectivity index (χ4v) is 1.90. The molecule has 0 aromatic heterocycles. The fourth-order valence-electron chi connectivity index (χ4n) is 0.578. The van der Waals surface area contributed by atoms with Crippen LogP contribution in [0.15, 0.2) is 0 Å². The van der Waals surface area contributed by atoms with Crippen LogP contribution in [0.2, 0.25) is 5.02 Å². The summed E-state index contributed by atoms with van der Waals surface area (Å²) in [7, 11) is 0. The second-order valence-corrected chi connectivity index (χ2v) is 4.42. The number of hydrogen-bond donors (Lipinski definition) is 0. The van der Waals surface area contributed by atoms with Gasteiger partial charge in [0.25, 0.3) is 0 Å². The van der Waals surface area contributed by atoms with E-state index in [1.54, 1.807) is 0 Å². The van der Waals surface area contributed by atoms with E-state index >= 15 is 0 Å². The molecule has 0 aliphatic rings. The average Bonchev–Trinajstić information content (AvgIpc) is 2.08. The first-order chi connectivity index (χ1) is 5.46. The van der Waals surface area contributed by atoms with Gasteiger partial charge in [-0.15, -0.1) is 0 Å². The van der Waals surface area contributed by atoms with Gasteiger partial charge in [0, 0.05) is 0 Å². The molecule has 0 saturated carbocycles. The van der Waals surface area contributed by atoms with Crippen LogP contribution in [0.3, 0.4) is 0 Å². The molecule has 6 heteroatoms. The summed E-state index contributed by atoms with van der Waals surface area (Å²) in [6, 6.07) is 0. The SMILES string of the molecule is Fc1c(F)c(I)c(Cl)c(F)c1I. The molecule has 0 radical (unpaired) electrons. The van der Waals surface area contributed by atoms with E-state index in [1.807, 2.05) is 0 Å². The van der Waals surface area contributed by atoms with Crippen molar-refractivity contribution in [2.24, 2.45) is 0 Å². The molecular formula is C6ClF3I2. The molecule has 1 aromatic carbocycles. The maximum Gasteiger partial charge on any atom is 0.176 e. The molecule has 0 saturated heterocycles. The zero-order chi connectivity index (χ0) is 9.46. The van der Waals surface area contributed by atoms with E-state index < -0.39 is 21.0 Å². The van der Waals surface area contributed by atoms with Crippen molar-refractivity contribution in [2.75, 3.05) is 0 Å². The highest BCUT2D eigenvalue weighted by Gasteiger charge is 2.20. The third kappa shape index (κ3) is 1.67. The summed E-state index contributed by atoms with van der Waals surface area (Å²) >= 11 is 8.17. The Hall–Kier alpha value is 0.760. The first-order valence-electron chi connectivity index (χ1n) is 2.63. The molecule has 66 valence electrons. The molecule has 0 N–H and O–H groups in total. The summed E-state index contributed by atoms with van der Waals surface area (Å²) in [5.41, 5.74) is 0. The van der Waals surface area contributed by atoms with Gasteiger partial charge in [-0.05, 0) is 45.2 Å². The number of halogens is 6. The molecule has 0 aliphatic heterocycles. The van der Waals surface area contributed by atoms with Crippen molar-refractivity contribution in [2.45, 2.75) is 0 Å². The molecule has 0 aliphatic carbocycles. The first kappa shape index (κ1) is 10.8. The molecule has 0 spiro atoms. The Morgan fingerprint density at radius 1 is 0.833 bits per heavy atom. The normalized spacial score (nSPS) is 10.5. The molecule has 0 heterocycles. The van der Waals surface area contributed by atoms with Gasteiger partial charge in [0.2, 0.25) is 0 Å². The number of hydrogen-bond acceptors (Lipinski definition) is 0. The van der Waals surface area contributed by atoms with Gasteiger partial charge >= 0.3 is 0 Å². The third-order valence-electron chi connectivity index (χ3n) is 1.16. The van der Waals surface area contributed by atoms with Crippen LogP contribution in [0.5, 0.6) is 0 Å². The van der Waals surface area contributed by atoms with E-state index in [-0.39, 0.29) is 8.59 Å². The monoisotopic (exact) mass is 418 g/mol. The number of rotatable bonds is 0. The molecule has 0 nitrogen and oxygen atoms in total. The van der Waals surface area contributed by atoms with Crippen molar-refractivity contribution < 1.29 is 13.2 Å². The maximum atomic E-state index is 12.9. The lowest BCUT2D eigenvalue weighted by molar-refractivity contribution is 0.482. The van der Waals surface area contributed by atoms with E-state index in [2.05, 4.69) is 0 Å². The van der Waals surface area contributed by atoms with Gasteiger partial charge in [-0.3, -0.25) is 0 Å². The molecule has 1 aromatic rings. The van der Waals surface area contributed by atoms with Gasteiger partial charge < -0.3 is 0 Å². The van der Waals surface area contributed by atoms with Crippen LogP contribution in [0, 0.1) is 24.6 Å². The minimum atomic E-state index is -1.19. The van der Waals surface area contributed by atoms with E-state index in [4.69, 9.17) is 11.6 Å². The van der Waals surface area contributed by atoms with Crippen molar-refractivity contribution in [3.63, 3.8) is 0 Å². The highest BCUT2D eigenvalue weighted by molar-refractivity contribution is 14.1. The highest BCUT2D eigenvalue weighted by Crippen LogP contribution is 2.30. The Balaban J connectivity index is 3.60. The minimum absolute atomic E-state index is 0.232. The standard InChI is InChI=1S/C6ClF3I2/c7-1-2(8)6(12)4(10)3(9)5(1)11. The van der Waals surface area contributed by atoms with Crippen molar-refractivity contribution in [3.8, 4) is 0 Å². The fraction of sp³-hybridized carbons (Fsp3) is 0. The second kappa shape index (κ2) is 3.87. The van der Waals surface area contributed by atoms with Gasteiger partial charge in [0.15, 0.2) is 17.5 Å². The Labute approximate surface area is 98.8 Å². The summed E-state index contributed by atoms with van der Waals surface area (Å²) in [6.07, 6.45) is 0. The Kier molecular flexibility index (Phi) is 3.49. The Morgan fingerprint density at radius 2 is 1.25 bits per heavy atom. The van der Waals surface area contributed by atoms with Crippen LogP contribution < -0.4 is 0 Å². The van der Waals surface area contributed by atoms with E-state index in [9.17, 15) is 13.2 Å². The van der Waals surface area contributed by atoms with Crippen LogP contribution in [0.4, 0.5) is 13.2 Å². The molecule has 0 atom stereocenters. The van der Waals surface area contributed by atoms with Crippen LogP contribution in [-0.4, -0.2) is 0 Å². The predicted octanol–water partition coefficient (Wildman–Crippen LogP) is 3.97. The lowest BCUT2D eigenvalue weighted by Gasteiger charge is -2.03. The summed E-state index contributed by atoms with van der Waals surface area (Å²) in [5, 5.41) is -0.376. The molecule has 0 amide bonds. The van der Waals surface area contributed by atoms with Crippen molar-refractivity contribution in [1.29, 1.82) is 0 Å². The molecule has 1 rings (SSSR count). The van der Waals surface area contributed by atoms with Gasteiger partial charge in [0.1, 0.15) is 0 Å². The second-order valence-electron chi connectivity index (χ2n) is 1.88. The molecular weight excluding hydrogens is 418 g/mol. The van der Waals surface area contributed by atoms with Gasteiger partial charge in [-0.25, -0.2) is 13.2 Å². The van der Waals surface area contributed by atoms with Crippen molar-refractivity contribution >= 4 is 56.8 Å². The molecule has 12 heavy (non-hydrogen) atoms. The Morgan fingerprint density at radius 3 is 1.75 bits per heavy atom. The Bertz CT molecular complexity index is 235. The quantitative estimate of drug-likeness (QED) is 0.340. The van der Waals surface area contributed by atoms with Gasteiger partial charge in [0.05, 0.1) is 12.2 Å². The minimum Gasteiger partial charge on any atom is -0.204 e. The summed E-state index contributed by atoms with van der Waals surface area (Å²) in [6.45, 7) is 0. The predicted molar refractivity (Wildman–Crippen MR) is 56.8 cm³/mol. The molecule has 0 bridgehead atoms. The lowest BCUT2D eigenvalue weighted by atomic mass is 10.3. The van der Waals surface area contributed by atoms with Crippen LogP contribution in [-0.2, 0) is 0 Å². The van der Waals surface area contributed by atoms with Crippen LogP contribution in [0.1, 0.15) is 0 Å². The smallest absolute Gasteiger partial charge is 0.176 e. The maximum absolute atomic E-state index is 12.9. The molecule has 0 unspecified atom stereocenters. The zero-order valence-corrected chi connectivity index (χ0v) is 10.3. The number of benzene rings is 1. The summed E-state index contributed by atoms with van der Waals surface area (Å²) in [5.74, 6) is -3.21. The van der Waals surface area contributed by atoms with Gasteiger partial charge in [-0.1, -0.05) is 11.6 Å². The van der Waals surface area contributed by atoms with Crippen LogP contribution in [0.25, 0.3) is 0 Å². The largest absolute Gasteiger partial charge is 0.204 e. The van der Waals surface area contributed by atoms with E-state index in [1.165, 1.54) is 45.2 Å². The van der Waals surface area contributed by atoms with E-state index in [0.717, 1.165) is 0 Å². The van der Waals surface area contributed by atoms with Gasteiger partial charge in [-0.2, -0.15) is 0 Å². The average molecular weight is 418 g/mol. The molecule has 0 fully saturated rings. The van der Waals surface area contributed by atoms with Crippen molar-refractivity contribution in [1.82, 2.24) is 0 Å². The highest BCUT2D eigenvalue weighted by atomic mass is 127. The van der Waals surface area contributed by atoms with Crippen LogP contribution >= 0.6 is 56.8 Å².